The van der Waals surface area contributed by atoms with Crippen LogP contribution >= 0.6 is 11.6 Å². The molecule has 0 radical (unpaired) electrons. The number of aliphatic carboxylic acids is 1. The molecule has 13 heavy (non-hydrogen) atoms. The molecular formula is C7H13ClF2NO2-. The van der Waals surface area contributed by atoms with Gasteiger partial charge in [-0.15, -0.1) is 6.04 Å². The van der Waals surface area contributed by atoms with Crippen molar-refractivity contribution in [3.8, 4) is 0 Å². The average molecular weight is 217 g/mol. The molecule has 0 saturated carbocycles. The highest BCUT2D eigenvalue weighted by Crippen LogP contribution is 2.24. The summed E-state index contributed by atoms with van der Waals surface area (Å²) in [5, 5.41) is 4.51. The summed E-state index contributed by atoms with van der Waals surface area (Å²) in [5.41, 5.74) is 6.58. The molecule has 0 fully saturated rings. The van der Waals surface area contributed by atoms with Crippen molar-refractivity contribution < 1.29 is 18.7 Å². The lowest BCUT2D eigenvalue weighted by molar-refractivity contribution is -0.138. The van der Waals surface area contributed by atoms with Crippen LogP contribution in [0.4, 0.5) is 8.78 Å². The van der Waals surface area contributed by atoms with Gasteiger partial charge in [-0.2, -0.15) is 8.78 Å². The number of nitrogens with one attached hydrogen (secondary N) is 1. The van der Waals surface area contributed by atoms with Crippen molar-refractivity contribution in [2.24, 2.45) is 0 Å². The second-order valence-corrected chi connectivity index (χ2v) is 3.22. The maximum Gasteiger partial charge on any atom is 0.322 e. The Kier molecular flexibility index (Phi) is 8.15. The van der Waals surface area contributed by atoms with Crippen LogP contribution in [0.15, 0.2) is 0 Å². The second-order valence-electron chi connectivity index (χ2n) is 2.66. The summed E-state index contributed by atoms with van der Waals surface area (Å²) in [6.45, 7) is 3.67. The molecule has 2 N–H and O–H groups in total. The number of alkyl halides is 3. The van der Waals surface area contributed by atoms with E-state index in [1.165, 1.54) is 0 Å². The smallest absolute Gasteiger partial charge is 0.322 e. The van der Waals surface area contributed by atoms with E-state index < -0.39 is 24.2 Å². The number of carbonyl (C=O) groups is 1. The Balaban J connectivity index is 0. The number of rotatable bonds is 3. The van der Waals surface area contributed by atoms with Gasteiger partial charge in [0, 0.05) is 6.42 Å². The van der Waals surface area contributed by atoms with Gasteiger partial charge in [-0.05, 0) is 11.6 Å². The molecule has 0 saturated heterocycles. The zero-order valence-electron chi connectivity index (χ0n) is 7.48. The maximum absolute atomic E-state index is 11.6. The fourth-order valence-electron chi connectivity index (χ4n) is 0.249. The highest BCUT2D eigenvalue weighted by molar-refractivity contribution is 6.21. The molecule has 0 atom stereocenters. The summed E-state index contributed by atoms with van der Waals surface area (Å²) in [4.78, 5) is 9.65. The molecular weight excluding hydrogens is 204 g/mol. The van der Waals surface area contributed by atoms with Crippen LogP contribution in [0.25, 0.3) is 5.73 Å². The molecule has 0 aliphatic carbocycles. The summed E-state index contributed by atoms with van der Waals surface area (Å²) in [6, 6.07) is 0.0833. The monoisotopic (exact) mass is 216 g/mol. The number of carboxylic acids is 1. The first kappa shape index (κ1) is 15.1. The normalized spacial score (nSPS) is 10.7. The third kappa shape index (κ3) is 34.1. The van der Waals surface area contributed by atoms with E-state index in [0.717, 1.165) is 0 Å². The van der Waals surface area contributed by atoms with Gasteiger partial charge in [-0.3, -0.25) is 4.79 Å². The Labute approximate surface area is 80.9 Å². The zero-order valence-corrected chi connectivity index (χ0v) is 8.24. The number of hydrogen-bond acceptors (Lipinski definition) is 1. The molecule has 80 valence electrons. The number of hydrogen-bond donors (Lipinski definition) is 1. The van der Waals surface area contributed by atoms with Crippen molar-refractivity contribution in [2.45, 2.75) is 38.1 Å². The van der Waals surface area contributed by atoms with Gasteiger partial charge in [0.2, 0.25) is 0 Å². The highest BCUT2D eigenvalue weighted by atomic mass is 35.5. The quantitative estimate of drug-likeness (QED) is 0.737. The SMILES string of the molecule is CC(C)[NH-].O=C(O)CCC(F)(F)Cl. The average Bonchev–Trinajstić information content (AvgIpc) is 1.80. The Bertz CT molecular complexity index is 145. The van der Waals surface area contributed by atoms with Crippen LogP contribution in [-0.4, -0.2) is 22.5 Å². The molecule has 0 aliphatic rings. The van der Waals surface area contributed by atoms with Gasteiger partial charge in [0.1, 0.15) is 0 Å². The Morgan fingerprint density at radius 2 is 1.92 bits per heavy atom. The summed E-state index contributed by atoms with van der Waals surface area (Å²) in [7, 11) is 0. The van der Waals surface area contributed by atoms with Crippen molar-refractivity contribution in [3.63, 3.8) is 0 Å². The van der Waals surface area contributed by atoms with Crippen LogP contribution in [0.3, 0.4) is 0 Å². The van der Waals surface area contributed by atoms with Gasteiger partial charge in [0.15, 0.2) is 0 Å². The first-order valence-corrected chi connectivity index (χ1v) is 4.02. The predicted octanol–water partition coefficient (Wildman–Crippen LogP) is 3.13. The predicted molar refractivity (Wildman–Crippen MR) is 47.1 cm³/mol. The molecule has 0 unspecified atom stereocenters. The van der Waals surface area contributed by atoms with Crippen LogP contribution < -0.4 is 0 Å². The summed E-state index contributed by atoms with van der Waals surface area (Å²) in [5.74, 6) is -1.27. The molecule has 0 aliphatic heterocycles. The van der Waals surface area contributed by atoms with Crippen molar-refractivity contribution in [1.29, 1.82) is 0 Å². The van der Waals surface area contributed by atoms with Crippen molar-refractivity contribution in [1.82, 2.24) is 0 Å². The van der Waals surface area contributed by atoms with Crippen LogP contribution in [0.2, 0.25) is 0 Å². The molecule has 0 spiro atoms. The number of carboxylic acid groups (broad SMARTS) is 1. The number of halogens is 3. The molecule has 0 amide bonds. The molecule has 0 aromatic rings. The molecule has 0 aromatic carbocycles. The van der Waals surface area contributed by atoms with Crippen molar-refractivity contribution in [2.75, 3.05) is 0 Å². The Hall–Kier alpha value is -0.420. The van der Waals surface area contributed by atoms with E-state index in [4.69, 9.17) is 10.8 Å². The largest absolute Gasteiger partial charge is 0.675 e. The van der Waals surface area contributed by atoms with Crippen molar-refractivity contribution >= 4 is 17.6 Å². The minimum absolute atomic E-state index is 0.0833. The van der Waals surface area contributed by atoms with Crippen LogP contribution in [0, 0.1) is 0 Å². The van der Waals surface area contributed by atoms with Gasteiger partial charge in [-0.1, -0.05) is 13.8 Å². The molecule has 6 heteroatoms. The molecule has 0 rings (SSSR count). The van der Waals surface area contributed by atoms with Gasteiger partial charge in [0.05, 0.1) is 6.42 Å². The topological polar surface area (TPSA) is 61.1 Å². The second kappa shape index (κ2) is 7.03. The molecule has 0 bridgehead atoms. The fourth-order valence-corrected chi connectivity index (χ4v) is 0.343. The van der Waals surface area contributed by atoms with Gasteiger partial charge in [0.25, 0.3) is 0 Å². The van der Waals surface area contributed by atoms with E-state index in [0.29, 0.717) is 0 Å². The Morgan fingerprint density at radius 3 is 2.00 bits per heavy atom. The maximum atomic E-state index is 11.6. The van der Waals surface area contributed by atoms with Gasteiger partial charge in [-0.25, -0.2) is 0 Å². The first-order valence-electron chi connectivity index (χ1n) is 3.65. The minimum Gasteiger partial charge on any atom is -0.675 e. The van der Waals surface area contributed by atoms with Crippen LogP contribution in [0.1, 0.15) is 26.7 Å². The summed E-state index contributed by atoms with van der Waals surface area (Å²) < 4.78 is 23.2. The van der Waals surface area contributed by atoms with E-state index in [2.05, 4.69) is 11.6 Å². The third-order valence-corrected chi connectivity index (χ3v) is 0.811. The summed E-state index contributed by atoms with van der Waals surface area (Å²) in [6.07, 6.45) is -1.42. The zero-order chi connectivity index (χ0) is 11.1. The third-order valence-electron chi connectivity index (χ3n) is 0.622. The lowest BCUT2D eigenvalue weighted by Gasteiger charge is -2.02. The van der Waals surface area contributed by atoms with Gasteiger partial charge < -0.3 is 10.8 Å². The lowest BCUT2D eigenvalue weighted by Crippen LogP contribution is -2.08. The van der Waals surface area contributed by atoms with E-state index in [-0.39, 0.29) is 6.04 Å². The molecule has 0 aromatic heterocycles. The van der Waals surface area contributed by atoms with Gasteiger partial charge >= 0.3 is 11.4 Å². The molecule has 3 nitrogen and oxygen atoms in total. The Morgan fingerprint density at radius 1 is 1.62 bits per heavy atom. The van der Waals surface area contributed by atoms with E-state index in [1.807, 2.05) is 13.8 Å². The van der Waals surface area contributed by atoms with Crippen LogP contribution in [-0.2, 0) is 4.79 Å². The minimum atomic E-state index is -3.38. The lowest BCUT2D eigenvalue weighted by atomic mass is 10.3. The molecule has 0 heterocycles. The summed E-state index contributed by atoms with van der Waals surface area (Å²) >= 11 is 4.38. The van der Waals surface area contributed by atoms with E-state index >= 15 is 0 Å². The van der Waals surface area contributed by atoms with E-state index in [1.54, 1.807) is 0 Å². The van der Waals surface area contributed by atoms with Crippen molar-refractivity contribution in [3.05, 3.63) is 5.73 Å². The fraction of sp³-hybridized carbons (Fsp3) is 0.857. The standard InChI is InChI=1S/C4H5ClF2O2.C3H8N/c5-4(6,7)2-1-3(8)9;1-3(2)4/h1-2H2,(H,8,9);3-4H,1-2H3/q;-1. The highest BCUT2D eigenvalue weighted by Gasteiger charge is 2.24. The van der Waals surface area contributed by atoms with Crippen LogP contribution in [0.5, 0.6) is 0 Å². The first-order chi connectivity index (χ1) is 5.65. The van der Waals surface area contributed by atoms with E-state index in [9.17, 15) is 13.6 Å².